The van der Waals surface area contributed by atoms with Crippen molar-refractivity contribution < 1.29 is 9.53 Å². The summed E-state index contributed by atoms with van der Waals surface area (Å²) in [5.41, 5.74) is 1.57. The molecule has 0 unspecified atom stereocenters. The topological polar surface area (TPSA) is 39.2 Å². The molecule has 1 heterocycles. The molecule has 0 saturated carbocycles. The maximum atomic E-state index is 11.4. The number of ketones is 1. The quantitative estimate of drug-likeness (QED) is 0.689. The number of rotatable bonds is 4. The second kappa shape index (κ2) is 4.74. The van der Waals surface area contributed by atoms with Crippen LogP contribution < -0.4 is 4.74 Å². The van der Waals surface area contributed by atoms with Crippen LogP contribution in [0.4, 0.5) is 0 Å². The van der Waals surface area contributed by atoms with E-state index in [9.17, 15) is 4.79 Å². The van der Waals surface area contributed by atoms with Crippen LogP contribution in [-0.4, -0.2) is 17.4 Å². The van der Waals surface area contributed by atoms with Gasteiger partial charge in [-0.1, -0.05) is 6.92 Å². The molecule has 76 valence electrons. The number of nitrogens with zero attached hydrogens (tertiary/aromatic N) is 1. The van der Waals surface area contributed by atoms with Gasteiger partial charge in [-0.3, -0.25) is 4.79 Å². The van der Waals surface area contributed by atoms with Gasteiger partial charge in [-0.2, -0.15) is 0 Å². The Kier molecular flexibility index (Phi) is 3.63. The number of hydrogen-bond donors (Lipinski definition) is 0. The van der Waals surface area contributed by atoms with Crippen molar-refractivity contribution in [2.45, 2.75) is 27.2 Å². The lowest BCUT2D eigenvalue weighted by molar-refractivity contribution is 0.0987. The number of aromatic nitrogens is 1. The zero-order chi connectivity index (χ0) is 10.6. The molecular weight excluding hydrogens is 178 g/mol. The van der Waals surface area contributed by atoms with E-state index in [2.05, 4.69) is 4.98 Å². The maximum absolute atomic E-state index is 11.4. The first-order valence-electron chi connectivity index (χ1n) is 4.81. The average molecular weight is 193 g/mol. The van der Waals surface area contributed by atoms with E-state index < -0.39 is 0 Å². The molecule has 0 aliphatic rings. The average Bonchev–Trinajstić information content (AvgIpc) is 2.20. The Bertz CT molecular complexity index is 334. The van der Waals surface area contributed by atoms with Crippen molar-refractivity contribution in [2.24, 2.45) is 0 Å². The van der Waals surface area contributed by atoms with Crippen molar-refractivity contribution in [3.63, 3.8) is 0 Å². The molecule has 3 nitrogen and oxygen atoms in total. The first-order chi connectivity index (χ1) is 6.69. The van der Waals surface area contributed by atoms with Gasteiger partial charge in [0.1, 0.15) is 0 Å². The van der Waals surface area contributed by atoms with E-state index in [4.69, 9.17) is 4.74 Å². The van der Waals surface area contributed by atoms with E-state index in [0.717, 1.165) is 5.56 Å². The highest BCUT2D eigenvalue weighted by molar-refractivity contribution is 5.95. The van der Waals surface area contributed by atoms with Crippen LogP contribution in [0.1, 0.15) is 36.2 Å². The molecule has 0 amide bonds. The third-order valence-electron chi connectivity index (χ3n) is 1.95. The third kappa shape index (κ3) is 2.31. The summed E-state index contributed by atoms with van der Waals surface area (Å²) < 4.78 is 5.28. The first kappa shape index (κ1) is 10.7. The SMILES string of the molecule is CCOc1ncc(C(=O)CC)cc1C. The molecule has 0 atom stereocenters. The summed E-state index contributed by atoms with van der Waals surface area (Å²) in [5.74, 6) is 0.726. The van der Waals surface area contributed by atoms with Crippen LogP contribution in [0.3, 0.4) is 0 Å². The smallest absolute Gasteiger partial charge is 0.216 e. The van der Waals surface area contributed by atoms with Crippen molar-refractivity contribution >= 4 is 5.78 Å². The predicted molar refractivity (Wildman–Crippen MR) is 54.8 cm³/mol. The standard InChI is InChI=1S/C11H15NO2/c1-4-10(13)9-6-8(3)11(12-7-9)14-5-2/h6-7H,4-5H2,1-3H3. The van der Waals surface area contributed by atoms with E-state index in [0.29, 0.717) is 24.5 Å². The van der Waals surface area contributed by atoms with Crippen LogP contribution in [0.15, 0.2) is 12.3 Å². The predicted octanol–water partition coefficient (Wildman–Crippen LogP) is 2.38. The third-order valence-corrected chi connectivity index (χ3v) is 1.95. The number of aryl methyl sites for hydroxylation is 1. The van der Waals surface area contributed by atoms with Gasteiger partial charge >= 0.3 is 0 Å². The zero-order valence-corrected chi connectivity index (χ0v) is 8.83. The van der Waals surface area contributed by atoms with Crippen molar-refractivity contribution in [2.75, 3.05) is 6.61 Å². The van der Waals surface area contributed by atoms with Gasteiger partial charge in [0.2, 0.25) is 5.88 Å². The van der Waals surface area contributed by atoms with Gasteiger partial charge in [0.05, 0.1) is 6.61 Å². The van der Waals surface area contributed by atoms with Gasteiger partial charge < -0.3 is 4.74 Å². The van der Waals surface area contributed by atoms with E-state index in [1.165, 1.54) is 0 Å². The largest absolute Gasteiger partial charge is 0.478 e. The molecule has 3 heteroatoms. The van der Waals surface area contributed by atoms with Crippen LogP contribution in [0.5, 0.6) is 5.88 Å². The summed E-state index contributed by atoms with van der Waals surface area (Å²) in [6, 6.07) is 1.82. The fourth-order valence-corrected chi connectivity index (χ4v) is 1.21. The summed E-state index contributed by atoms with van der Waals surface area (Å²) in [4.78, 5) is 15.4. The number of ether oxygens (including phenoxy) is 1. The fourth-order valence-electron chi connectivity index (χ4n) is 1.21. The minimum absolute atomic E-state index is 0.114. The Labute approximate surface area is 84.1 Å². The molecule has 1 aromatic rings. The zero-order valence-electron chi connectivity index (χ0n) is 8.83. The lowest BCUT2D eigenvalue weighted by Gasteiger charge is -2.06. The van der Waals surface area contributed by atoms with Crippen molar-refractivity contribution in [1.29, 1.82) is 0 Å². The van der Waals surface area contributed by atoms with Crippen LogP contribution in [-0.2, 0) is 0 Å². The van der Waals surface area contributed by atoms with E-state index in [-0.39, 0.29) is 5.78 Å². The van der Waals surface area contributed by atoms with E-state index in [1.54, 1.807) is 6.20 Å². The Morgan fingerprint density at radius 3 is 2.71 bits per heavy atom. The molecule has 1 aromatic heterocycles. The minimum atomic E-state index is 0.114. The van der Waals surface area contributed by atoms with Crippen LogP contribution in [0, 0.1) is 6.92 Å². The monoisotopic (exact) mass is 193 g/mol. The van der Waals surface area contributed by atoms with Gasteiger partial charge in [-0.25, -0.2) is 4.98 Å². The van der Waals surface area contributed by atoms with E-state index >= 15 is 0 Å². The Hall–Kier alpha value is -1.38. The molecule has 0 bridgehead atoms. The lowest BCUT2D eigenvalue weighted by Crippen LogP contribution is -2.02. The molecule has 0 fully saturated rings. The Balaban J connectivity index is 2.94. The molecule has 0 spiro atoms. The van der Waals surface area contributed by atoms with Crippen molar-refractivity contribution in [3.05, 3.63) is 23.4 Å². The van der Waals surface area contributed by atoms with Crippen molar-refractivity contribution in [3.8, 4) is 5.88 Å². The maximum Gasteiger partial charge on any atom is 0.216 e. The molecule has 0 aromatic carbocycles. The van der Waals surface area contributed by atoms with Gasteiger partial charge in [0.25, 0.3) is 0 Å². The van der Waals surface area contributed by atoms with Gasteiger partial charge in [0, 0.05) is 23.7 Å². The summed E-state index contributed by atoms with van der Waals surface area (Å²) in [7, 11) is 0. The molecule has 0 saturated heterocycles. The summed E-state index contributed by atoms with van der Waals surface area (Å²) in [5, 5.41) is 0. The Morgan fingerprint density at radius 1 is 1.50 bits per heavy atom. The number of Topliss-reactive ketones (excluding diaryl/α,β-unsaturated/α-hetero) is 1. The van der Waals surface area contributed by atoms with Gasteiger partial charge in [-0.15, -0.1) is 0 Å². The number of carbonyl (C=O) groups excluding carboxylic acids is 1. The Morgan fingerprint density at radius 2 is 2.21 bits per heavy atom. The van der Waals surface area contributed by atoms with Crippen LogP contribution in [0.2, 0.25) is 0 Å². The number of carbonyl (C=O) groups is 1. The molecule has 0 aliphatic heterocycles. The molecular formula is C11H15NO2. The highest BCUT2D eigenvalue weighted by Gasteiger charge is 2.07. The molecule has 1 rings (SSSR count). The molecule has 0 aliphatic carbocycles. The number of hydrogen-bond acceptors (Lipinski definition) is 3. The van der Waals surface area contributed by atoms with E-state index in [1.807, 2.05) is 26.8 Å². The second-order valence-electron chi connectivity index (χ2n) is 3.06. The van der Waals surface area contributed by atoms with Gasteiger partial charge in [-0.05, 0) is 19.9 Å². The molecule has 0 radical (unpaired) electrons. The molecule has 14 heavy (non-hydrogen) atoms. The second-order valence-corrected chi connectivity index (χ2v) is 3.06. The molecule has 0 N–H and O–H groups in total. The van der Waals surface area contributed by atoms with Gasteiger partial charge in [0.15, 0.2) is 5.78 Å². The normalized spacial score (nSPS) is 9.93. The fraction of sp³-hybridized carbons (Fsp3) is 0.455. The summed E-state index contributed by atoms with van der Waals surface area (Å²) in [6.07, 6.45) is 2.08. The summed E-state index contributed by atoms with van der Waals surface area (Å²) >= 11 is 0. The minimum Gasteiger partial charge on any atom is -0.478 e. The van der Waals surface area contributed by atoms with Crippen LogP contribution >= 0.6 is 0 Å². The van der Waals surface area contributed by atoms with Crippen molar-refractivity contribution in [1.82, 2.24) is 4.98 Å². The number of pyridine rings is 1. The lowest BCUT2D eigenvalue weighted by atomic mass is 10.1. The first-order valence-corrected chi connectivity index (χ1v) is 4.81. The summed E-state index contributed by atoms with van der Waals surface area (Å²) in [6.45, 7) is 6.24. The highest BCUT2D eigenvalue weighted by atomic mass is 16.5. The highest BCUT2D eigenvalue weighted by Crippen LogP contribution is 2.16. The van der Waals surface area contributed by atoms with Crippen LogP contribution in [0.25, 0.3) is 0 Å².